The summed E-state index contributed by atoms with van der Waals surface area (Å²) in [4.78, 5) is 24.5. The van der Waals surface area contributed by atoms with E-state index in [-0.39, 0.29) is 30.3 Å². The van der Waals surface area contributed by atoms with E-state index in [4.69, 9.17) is 4.74 Å². The molecule has 0 spiro atoms. The average molecular weight is 370 g/mol. The van der Waals surface area contributed by atoms with Gasteiger partial charge in [0.25, 0.3) is 11.8 Å². The highest BCUT2D eigenvalue weighted by Crippen LogP contribution is 2.12. The van der Waals surface area contributed by atoms with Crippen LogP contribution in [0.4, 0.5) is 4.39 Å². The maximum absolute atomic E-state index is 13.3. The van der Waals surface area contributed by atoms with Crippen molar-refractivity contribution in [3.8, 4) is 0 Å². The number of hydrogen-bond acceptors (Lipinski definition) is 3. The summed E-state index contributed by atoms with van der Waals surface area (Å²) in [6.45, 7) is 3.15. The summed E-state index contributed by atoms with van der Waals surface area (Å²) in [7, 11) is 0. The minimum Gasteiger partial charge on any atom is -0.376 e. The molecule has 3 rings (SSSR count). The molecule has 1 saturated heterocycles. The summed E-state index contributed by atoms with van der Waals surface area (Å²) >= 11 is 0. The smallest absolute Gasteiger partial charge is 0.251 e. The number of benzene rings is 2. The van der Waals surface area contributed by atoms with Gasteiger partial charge < -0.3 is 15.4 Å². The Kier molecular flexibility index (Phi) is 6.19. The molecule has 6 heteroatoms. The van der Waals surface area contributed by atoms with Crippen molar-refractivity contribution >= 4 is 11.8 Å². The van der Waals surface area contributed by atoms with Crippen LogP contribution in [-0.4, -0.2) is 31.1 Å². The minimum atomic E-state index is -0.340. The predicted molar refractivity (Wildman–Crippen MR) is 100 cm³/mol. The van der Waals surface area contributed by atoms with Crippen LogP contribution in [0.1, 0.15) is 44.7 Å². The zero-order chi connectivity index (χ0) is 19.2. The third-order valence-electron chi connectivity index (χ3n) is 4.58. The van der Waals surface area contributed by atoms with E-state index in [2.05, 4.69) is 10.6 Å². The number of amides is 2. The summed E-state index contributed by atoms with van der Waals surface area (Å²) in [5.41, 5.74) is 2.18. The molecule has 1 unspecified atom stereocenters. The molecule has 2 N–H and O–H groups in total. The normalized spacial score (nSPS) is 16.1. The van der Waals surface area contributed by atoms with Gasteiger partial charge in [-0.05, 0) is 61.2 Å². The maximum atomic E-state index is 13.3. The lowest BCUT2D eigenvalue weighted by Gasteiger charge is -2.11. The van der Waals surface area contributed by atoms with Crippen LogP contribution >= 0.6 is 0 Å². The molecule has 0 saturated carbocycles. The third kappa shape index (κ3) is 5.14. The number of hydrogen-bond donors (Lipinski definition) is 2. The van der Waals surface area contributed by atoms with E-state index in [1.807, 2.05) is 6.07 Å². The number of carbonyl (C=O) groups is 2. The fraction of sp³-hybridized carbons (Fsp3) is 0.333. The number of halogens is 1. The third-order valence-corrected chi connectivity index (χ3v) is 4.58. The van der Waals surface area contributed by atoms with Crippen molar-refractivity contribution < 1.29 is 18.7 Å². The Morgan fingerprint density at radius 2 is 1.89 bits per heavy atom. The van der Waals surface area contributed by atoms with Gasteiger partial charge in [0.1, 0.15) is 5.82 Å². The Labute approximate surface area is 157 Å². The van der Waals surface area contributed by atoms with E-state index in [0.29, 0.717) is 23.2 Å². The molecule has 142 valence electrons. The Morgan fingerprint density at radius 1 is 1.11 bits per heavy atom. The van der Waals surface area contributed by atoms with Crippen molar-refractivity contribution in [2.45, 2.75) is 32.4 Å². The van der Waals surface area contributed by atoms with Crippen molar-refractivity contribution in [2.75, 3.05) is 13.2 Å². The molecule has 0 radical (unpaired) electrons. The average Bonchev–Trinajstić information content (AvgIpc) is 3.20. The second kappa shape index (κ2) is 8.77. The first-order valence-corrected chi connectivity index (χ1v) is 9.06. The summed E-state index contributed by atoms with van der Waals surface area (Å²) < 4.78 is 18.8. The monoisotopic (exact) mass is 370 g/mol. The van der Waals surface area contributed by atoms with Gasteiger partial charge in [0.2, 0.25) is 0 Å². The van der Waals surface area contributed by atoms with E-state index in [1.165, 1.54) is 18.2 Å². The molecular formula is C21H23FN2O3. The first kappa shape index (κ1) is 19.0. The van der Waals surface area contributed by atoms with Crippen LogP contribution in [-0.2, 0) is 11.3 Å². The van der Waals surface area contributed by atoms with Gasteiger partial charge in [0.15, 0.2) is 0 Å². The molecule has 1 aliphatic rings. The number of ether oxygens (including phenoxy) is 1. The van der Waals surface area contributed by atoms with Gasteiger partial charge in [-0.25, -0.2) is 4.39 Å². The summed E-state index contributed by atoms with van der Waals surface area (Å²) in [5, 5.41) is 5.68. The van der Waals surface area contributed by atoms with E-state index < -0.39 is 0 Å². The second-order valence-electron chi connectivity index (χ2n) is 6.69. The fourth-order valence-corrected chi connectivity index (χ4v) is 3.01. The van der Waals surface area contributed by atoms with E-state index >= 15 is 0 Å². The summed E-state index contributed by atoms with van der Waals surface area (Å²) in [5.74, 6) is -0.785. The minimum absolute atomic E-state index is 0.0931. The highest BCUT2D eigenvalue weighted by Gasteiger charge is 2.16. The summed E-state index contributed by atoms with van der Waals surface area (Å²) in [6, 6.07) is 11.4. The van der Waals surface area contributed by atoms with Crippen LogP contribution in [0.15, 0.2) is 42.5 Å². The SMILES string of the molecule is Cc1cc(C(=O)NCc2cccc(C(=O)NCC3CCCO3)c2)ccc1F. The molecule has 5 nitrogen and oxygen atoms in total. The molecule has 1 heterocycles. The number of rotatable bonds is 6. The standard InChI is InChI=1S/C21H23FN2O3/c1-14-10-17(7-8-19(14)22)21(26)23-12-15-4-2-5-16(11-15)20(25)24-13-18-6-3-9-27-18/h2,4-5,7-8,10-11,18H,3,6,9,12-13H2,1H3,(H,23,26)(H,24,25). The molecule has 1 fully saturated rings. The molecule has 0 aliphatic carbocycles. The number of aryl methyl sites for hydroxylation is 1. The topological polar surface area (TPSA) is 67.4 Å². The molecule has 1 aliphatic heterocycles. The maximum Gasteiger partial charge on any atom is 0.251 e. The van der Waals surface area contributed by atoms with Crippen LogP contribution < -0.4 is 10.6 Å². The molecule has 0 bridgehead atoms. The fourth-order valence-electron chi connectivity index (χ4n) is 3.01. The highest BCUT2D eigenvalue weighted by molar-refractivity contribution is 5.95. The first-order valence-electron chi connectivity index (χ1n) is 9.06. The lowest BCUT2D eigenvalue weighted by molar-refractivity contribution is 0.0857. The van der Waals surface area contributed by atoms with Crippen molar-refractivity contribution in [1.29, 1.82) is 0 Å². The summed E-state index contributed by atoms with van der Waals surface area (Å²) in [6.07, 6.45) is 2.09. The van der Waals surface area contributed by atoms with Crippen molar-refractivity contribution in [3.63, 3.8) is 0 Å². The molecular weight excluding hydrogens is 347 g/mol. The molecule has 2 aromatic rings. The van der Waals surface area contributed by atoms with Crippen molar-refractivity contribution in [3.05, 3.63) is 70.5 Å². The highest BCUT2D eigenvalue weighted by atomic mass is 19.1. The molecule has 27 heavy (non-hydrogen) atoms. The Hall–Kier alpha value is -2.73. The van der Waals surface area contributed by atoms with Gasteiger partial charge in [0, 0.05) is 30.8 Å². The largest absolute Gasteiger partial charge is 0.376 e. The van der Waals surface area contributed by atoms with Crippen molar-refractivity contribution in [1.82, 2.24) is 10.6 Å². The van der Waals surface area contributed by atoms with E-state index in [9.17, 15) is 14.0 Å². The van der Waals surface area contributed by atoms with Crippen LogP contribution in [0, 0.1) is 12.7 Å². The van der Waals surface area contributed by atoms with Crippen LogP contribution in [0.2, 0.25) is 0 Å². The number of nitrogens with one attached hydrogen (secondary N) is 2. The Morgan fingerprint density at radius 3 is 2.63 bits per heavy atom. The van der Waals surface area contributed by atoms with E-state index in [0.717, 1.165) is 25.0 Å². The zero-order valence-electron chi connectivity index (χ0n) is 15.3. The zero-order valence-corrected chi connectivity index (χ0v) is 15.3. The first-order chi connectivity index (χ1) is 13.0. The second-order valence-corrected chi connectivity index (χ2v) is 6.69. The van der Waals surface area contributed by atoms with Crippen LogP contribution in [0.5, 0.6) is 0 Å². The number of carbonyl (C=O) groups excluding carboxylic acids is 2. The van der Waals surface area contributed by atoms with Gasteiger partial charge in [-0.2, -0.15) is 0 Å². The van der Waals surface area contributed by atoms with Crippen LogP contribution in [0.3, 0.4) is 0 Å². The molecule has 2 aromatic carbocycles. The van der Waals surface area contributed by atoms with Gasteiger partial charge in [0.05, 0.1) is 6.10 Å². The lowest BCUT2D eigenvalue weighted by Crippen LogP contribution is -2.31. The van der Waals surface area contributed by atoms with E-state index in [1.54, 1.807) is 25.1 Å². The molecule has 0 aromatic heterocycles. The quantitative estimate of drug-likeness (QED) is 0.822. The lowest BCUT2D eigenvalue weighted by atomic mass is 10.1. The predicted octanol–water partition coefficient (Wildman–Crippen LogP) is 2.97. The van der Waals surface area contributed by atoms with Gasteiger partial charge in [-0.1, -0.05) is 12.1 Å². The Balaban J connectivity index is 1.55. The van der Waals surface area contributed by atoms with Crippen molar-refractivity contribution in [2.24, 2.45) is 0 Å². The molecule has 2 amide bonds. The molecule has 1 atom stereocenters. The van der Waals surface area contributed by atoms with Gasteiger partial charge in [-0.15, -0.1) is 0 Å². The van der Waals surface area contributed by atoms with Crippen LogP contribution in [0.25, 0.3) is 0 Å². The Bertz CT molecular complexity index is 832. The van der Waals surface area contributed by atoms with Gasteiger partial charge in [-0.3, -0.25) is 9.59 Å². The van der Waals surface area contributed by atoms with Gasteiger partial charge >= 0.3 is 0 Å².